The number of halogens is 2. The van der Waals surface area contributed by atoms with E-state index in [1.165, 1.54) is 0 Å². The number of methoxy groups -OCH3 is 2. The molecule has 0 spiro atoms. The fraction of sp³-hybridized carbons (Fsp3) is 0.133. The van der Waals surface area contributed by atoms with Crippen molar-refractivity contribution in [2.45, 2.75) is 0 Å². The molecule has 0 aliphatic rings. The van der Waals surface area contributed by atoms with Crippen molar-refractivity contribution < 1.29 is 9.47 Å². The first-order chi connectivity index (χ1) is 10.1. The van der Waals surface area contributed by atoms with Gasteiger partial charge in [0.05, 0.1) is 36.2 Å². The summed E-state index contributed by atoms with van der Waals surface area (Å²) >= 11 is 11.8. The Balaban J connectivity index is 2.12. The van der Waals surface area contributed by atoms with Crippen molar-refractivity contribution in [1.29, 1.82) is 0 Å². The molecule has 2 aromatic carbocycles. The van der Waals surface area contributed by atoms with Crippen LogP contribution >= 0.6 is 23.2 Å². The molecule has 0 atom stereocenters. The molecular formula is C15H14Cl2N2O2. The predicted molar refractivity (Wildman–Crippen MR) is 87.2 cm³/mol. The highest BCUT2D eigenvalue weighted by atomic mass is 35.5. The molecule has 1 N–H and O–H groups in total. The Morgan fingerprint density at radius 3 is 2.48 bits per heavy atom. The van der Waals surface area contributed by atoms with E-state index in [-0.39, 0.29) is 0 Å². The third-order valence-corrected chi connectivity index (χ3v) is 3.50. The molecule has 0 amide bonds. The second-order valence-electron chi connectivity index (χ2n) is 4.11. The maximum Gasteiger partial charge on any atom is 0.131 e. The first-order valence-electron chi connectivity index (χ1n) is 6.10. The molecular weight excluding hydrogens is 311 g/mol. The molecule has 0 aliphatic heterocycles. The molecule has 21 heavy (non-hydrogen) atoms. The summed E-state index contributed by atoms with van der Waals surface area (Å²) in [5, 5.41) is 5.12. The molecule has 0 saturated heterocycles. The highest BCUT2D eigenvalue weighted by molar-refractivity contribution is 6.42. The van der Waals surface area contributed by atoms with Crippen molar-refractivity contribution in [2.75, 3.05) is 19.6 Å². The van der Waals surface area contributed by atoms with Crippen molar-refractivity contribution in [3.8, 4) is 11.5 Å². The van der Waals surface area contributed by atoms with Gasteiger partial charge in [-0.15, -0.1) is 0 Å². The van der Waals surface area contributed by atoms with Crippen LogP contribution in [0.2, 0.25) is 10.0 Å². The molecule has 2 aromatic rings. The average Bonchev–Trinajstić information content (AvgIpc) is 2.51. The number of anilines is 1. The largest absolute Gasteiger partial charge is 0.497 e. The van der Waals surface area contributed by atoms with Crippen molar-refractivity contribution in [1.82, 2.24) is 0 Å². The van der Waals surface area contributed by atoms with E-state index in [0.29, 0.717) is 15.8 Å². The van der Waals surface area contributed by atoms with Crippen LogP contribution in [0.3, 0.4) is 0 Å². The molecule has 0 fully saturated rings. The standard InChI is InChI=1S/C15H14Cl2N2O2/c1-20-12-5-3-10(15(8-12)21-2)9-18-19-11-4-6-13(16)14(17)7-11/h3-9,19H,1-2H3. The minimum absolute atomic E-state index is 0.471. The number of ether oxygens (including phenoxy) is 2. The molecule has 6 heteroatoms. The lowest BCUT2D eigenvalue weighted by Gasteiger charge is -2.07. The second-order valence-corrected chi connectivity index (χ2v) is 4.92. The van der Waals surface area contributed by atoms with Crippen LogP contribution in [0.1, 0.15) is 5.56 Å². The Hall–Kier alpha value is -1.91. The SMILES string of the molecule is COc1ccc(C=NNc2ccc(Cl)c(Cl)c2)c(OC)c1. The summed E-state index contributed by atoms with van der Waals surface area (Å²) in [6.45, 7) is 0. The first kappa shape index (κ1) is 15.5. The minimum Gasteiger partial charge on any atom is -0.497 e. The van der Waals surface area contributed by atoms with Crippen LogP contribution in [0, 0.1) is 0 Å². The van der Waals surface area contributed by atoms with Gasteiger partial charge >= 0.3 is 0 Å². The van der Waals surface area contributed by atoms with E-state index in [0.717, 1.165) is 17.0 Å². The van der Waals surface area contributed by atoms with Crippen LogP contribution in [-0.2, 0) is 0 Å². The zero-order chi connectivity index (χ0) is 15.2. The van der Waals surface area contributed by atoms with Gasteiger partial charge in [-0.05, 0) is 30.3 Å². The Bertz CT molecular complexity index is 660. The van der Waals surface area contributed by atoms with Crippen LogP contribution in [0.4, 0.5) is 5.69 Å². The van der Waals surface area contributed by atoms with E-state index in [1.807, 2.05) is 12.1 Å². The van der Waals surface area contributed by atoms with Gasteiger partial charge in [-0.25, -0.2) is 0 Å². The van der Waals surface area contributed by atoms with Crippen molar-refractivity contribution in [2.24, 2.45) is 5.10 Å². The van der Waals surface area contributed by atoms with Gasteiger partial charge < -0.3 is 9.47 Å². The van der Waals surface area contributed by atoms with Gasteiger partial charge in [-0.3, -0.25) is 5.43 Å². The van der Waals surface area contributed by atoms with Crippen molar-refractivity contribution in [3.05, 3.63) is 52.0 Å². The van der Waals surface area contributed by atoms with E-state index in [2.05, 4.69) is 10.5 Å². The summed E-state index contributed by atoms with van der Waals surface area (Å²) in [5.41, 5.74) is 4.45. The Morgan fingerprint density at radius 1 is 1.00 bits per heavy atom. The summed E-state index contributed by atoms with van der Waals surface area (Å²) < 4.78 is 10.4. The normalized spacial score (nSPS) is 10.7. The average molecular weight is 325 g/mol. The van der Waals surface area contributed by atoms with Crippen LogP contribution < -0.4 is 14.9 Å². The van der Waals surface area contributed by atoms with Gasteiger partial charge in [0.25, 0.3) is 0 Å². The highest BCUT2D eigenvalue weighted by Crippen LogP contribution is 2.25. The number of hydrogen-bond donors (Lipinski definition) is 1. The van der Waals surface area contributed by atoms with Crippen LogP contribution in [0.15, 0.2) is 41.5 Å². The number of hydrogen-bond acceptors (Lipinski definition) is 4. The summed E-state index contributed by atoms with van der Waals surface area (Å²) in [4.78, 5) is 0. The van der Waals surface area contributed by atoms with Crippen LogP contribution in [-0.4, -0.2) is 20.4 Å². The maximum absolute atomic E-state index is 5.93. The molecule has 0 aliphatic carbocycles. The second kappa shape index (κ2) is 7.20. The van der Waals surface area contributed by atoms with Crippen molar-refractivity contribution in [3.63, 3.8) is 0 Å². The summed E-state index contributed by atoms with van der Waals surface area (Å²) in [5.74, 6) is 1.40. The van der Waals surface area contributed by atoms with E-state index in [4.69, 9.17) is 32.7 Å². The molecule has 2 rings (SSSR count). The summed E-state index contributed by atoms with van der Waals surface area (Å²) in [7, 11) is 3.20. The number of hydrazone groups is 1. The summed E-state index contributed by atoms with van der Waals surface area (Å²) in [6.07, 6.45) is 1.65. The molecule has 110 valence electrons. The first-order valence-corrected chi connectivity index (χ1v) is 6.86. The quantitative estimate of drug-likeness (QED) is 0.652. The molecule has 4 nitrogen and oxygen atoms in total. The number of rotatable bonds is 5. The molecule has 0 saturated carbocycles. The fourth-order valence-corrected chi connectivity index (χ4v) is 1.97. The third-order valence-electron chi connectivity index (χ3n) is 2.76. The fourth-order valence-electron chi connectivity index (χ4n) is 1.67. The van der Waals surface area contributed by atoms with Gasteiger partial charge in [0.1, 0.15) is 11.5 Å². The zero-order valence-corrected chi connectivity index (χ0v) is 13.1. The number of nitrogens with zero attached hydrogens (tertiary/aromatic N) is 1. The van der Waals surface area contributed by atoms with Gasteiger partial charge in [0.2, 0.25) is 0 Å². The van der Waals surface area contributed by atoms with Crippen LogP contribution in [0.25, 0.3) is 0 Å². The smallest absolute Gasteiger partial charge is 0.131 e. The highest BCUT2D eigenvalue weighted by Gasteiger charge is 2.03. The van der Waals surface area contributed by atoms with E-state index < -0.39 is 0 Å². The number of nitrogens with one attached hydrogen (secondary N) is 1. The van der Waals surface area contributed by atoms with E-state index in [9.17, 15) is 0 Å². The van der Waals surface area contributed by atoms with Gasteiger partial charge in [-0.1, -0.05) is 23.2 Å². The topological polar surface area (TPSA) is 42.8 Å². The zero-order valence-electron chi connectivity index (χ0n) is 11.6. The monoisotopic (exact) mass is 324 g/mol. The minimum atomic E-state index is 0.471. The molecule has 0 bridgehead atoms. The van der Waals surface area contributed by atoms with E-state index >= 15 is 0 Å². The Morgan fingerprint density at radius 2 is 1.81 bits per heavy atom. The lowest BCUT2D eigenvalue weighted by Crippen LogP contribution is -1.95. The molecule has 0 radical (unpaired) electrons. The van der Waals surface area contributed by atoms with Gasteiger partial charge in [0, 0.05) is 11.6 Å². The molecule has 0 heterocycles. The van der Waals surface area contributed by atoms with Gasteiger partial charge in [-0.2, -0.15) is 5.10 Å². The van der Waals surface area contributed by atoms with Gasteiger partial charge in [0.15, 0.2) is 0 Å². The number of benzene rings is 2. The third kappa shape index (κ3) is 4.03. The van der Waals surface area contributed by atoms with Crippen molar-refractivity contribution >= 4 is 35.1 Å². The van der Waals surface area contributed by atoms with Crippen LogP contribution in [0.5, 0.6) is 11.5 Å². The molecule has 0 aromatic heterocycles. The lowest BCUT2D eigenvalue weighted by molar-refractivity contribution is 0.394. The maximum atomic E-state index is 5.93. The summed E-state index contributed by atoms with van der Waals surface area (Å²) in [6, 6.07) is 10.7. The Labute approximate surface area is 133 Å². The Kier molecular flexibility index (Phi) is 5.31. The lowest BCUT2D eigenvalue weighted by atomic mass is 10.2. The molecule has 0 unspecified atom stereocenters. The predicted octanol–water partition coefficient (Wildman–Crippen LogP) is 4.46. The van der Waals surface area contributed by atoms with E-state index in [1.54, 1.807) is 44.7 Å².